The summed E-state index contributed by atoms with van der Waals surface area (Å²) < 4.78 is 6.54. The van der Waals surface area contributed by atoms with E-state index < -0.39 is 5.41 Å². The van der Waals surface area contributed by atoms with Crippen LogP contribution in [0.3, 0.4) is 0 Å². The number of anilines is 1. The van der Waals surface area contributed by atoms with Gasteiger partial charge in [-0.1, -0.05) is 203 Å². The topological polar surface area (TPSA) is 16.4 Å². The SMILES string of the molecule is CC1(c2cccc3ccccc23)C=CC(N(c2ccccc2C2C=CC=C3C=CC=C(C4CCCCC4)C32C)C2C=CC=CC2(C)c2ccc3c(c2)oc2ccccc23)=CC1. The summed E-state index contributed by atoms with van der Waals surface area (Å²) >= 11 is 0. The molecule has 1 fully saturated rings. The highest BCUT2D eigenvalue weighted by Gasteiger charge is 2.47. The zero-order chi connectivity index (χ0) is 41.2. The van der Waals surface area contributed by atoms with Crippen LogP contribution >= 0.6 is 0 Å². The summed E-state index contributed by atoms with van der Waals surface area (Å²) in [6, 6.07) is 40.2. The maximum Gasteiger partial charge on any atom is 0.135 e. The number of allylic oxidation sites excluding steroid dienone is 13. The Morgan fingerprint density at radius 1 is 0.639 bits per heavy atom. The summed E-state index contributed by atoms with van der Waals surface area (Å²) in [6.45, 7) is 7.37. The van der Waals surface area contributed by atoms with E-state index in [1.54, 1.807) is 5.57 Å². The molecule has 302 valence electrons. The second-order valence-corrected chi connectivity index (χ2v) is 18.8. The second-order valence-electron chi connectivity index (χ2n) is 18.8. The molecule has 5 unspecified atom stereocenters. The Bertz CT molecular complexity index is 2950. The maximum atomic E-state index is 6.54. The molecule has 0 bridgehead atoms. The minimum Gasteiger partial charge on any atom is -0.456 e. The van der Waals surface area contributed by atoms with Crippen molar-refractivity contribution in [3.8, 4) is 0 Å². The lowest BCUT2D eigenvalue weighted by Gasteiger charge is -2.49. The highest BCUT2D eigenvalue weighted by atomic mass is 16.3. The molecule has 1 saturated carbocycles. The Hall–Kier alpha value is -6.12. The number of para-hydroxylation sites is 2. The quantitative estimate of drug-likeness (QED) is 0.160. The molecule has 5 atom stereocenters. The first-order valence-electron chi connectivity index (χ1n) is 22.7. The first kappa shape index (κ1) is 37.8. The van der Waals surface area contributed by atoms with E-state index in [-0.39, 0.29) is 22.8 Å². The van der Waals surface area contributed by atoms with Crippen molar-refractivity contribution in [2.45, 2.75) is 82.1 Å². The molecule has 2 nitrogen and oxygen atoms in total. The number of hydrogen-bond acceptors (Lipinski definition) is 2. The third-order valence-electron chi connectivity index (χ3n) is 15.3. The fourth-order valence-corrected chi connectivity index (χ4v) is 11.9. The maximum absolute atomic E-state index is 6.54. The highest BCUT2D eigenvalue weighted by molar-refractivity contribution is 6.05. The lowest BCUT2D eigenvalue weighted by molar-refractivity contribution is 0.317. The molecule has 0 N–H and O–H groups in total. The molecule has 2 heteroatoms. The number of benzene rings is 5. The van der Waals surface area contributed by atoms with E-state index in [4.69, 9.17) is 4.42 Å². The van der Waals surface area contributed by atoms with Crippen LogP contribution in [0.2, 0.25) is 0 Å². The van der Waals surface area contributed by atoms with Crippen molar-refractivity contribution in [3.05, 3.63) is 222 Å². The van der Waals surface area contributed by atoms with Gasteiger partial charge in [-0.05, 0) is 89.4 Å². The molecule has 0 radical (unpaired) electrons. The van der Waals surface area contributed by atoms with E-state index in [1.807, 2.05) is 0 Å². The summed E-state index contributed by atoms with van der Waals surface area (Å²) in [5.74, 6) is 0.780. The normalized spacial score (nSPS) is 27.3. The van der Waals surface area contributed by atoms with Gasteiger partial charge in [-0.2, -0.15) is 0 Å². The molecule has 61 heavy (non-hydrogen) atoms. The van der Waals surface area contributed by atoms with E-state index >= 15 is 0 Å². The van der Waals surface area contributed by atoms with E-state index in [0.29, 0.717) is 5.92 Å². The van der Waals surface area contributed by atoms with E-state index in [9.17, 15) is 0 Å². The summed E-state index contributed by atoms with van der Waals surface area (Å²) in [6.07, 6.45) is 38.6. The average Bonchev–Trinajstić information content (AvgIpc) is 3.68. The predicted octanol–water partition coefficient (Wildman–Crippen LogP) is 15.5. The van der Waals surface area contributed by atoms with Crippen LogP contribution in [0.15, 0.2) is 209 Å². The summed E-state index contributed by atoms with van der Waals surface area (Å²) in [7, 11) is 0. The van der Waals surface area contributed by atoms with Gasteiger partial charge in [-0.3, -0.25) is 0 Å². The van der Waals surface area contributed by atoms with Crippen molar-refractivity contribution in [1.29, 1.82) is 0 Å². The third-order valence-corrected chi connectivity index (χ3v) is 15.3. The van der Waals surface area contributed by atoms with Gasteiger partial charge in [-0.25, -0.2) is 0 Å². The molecular weight excluding hydrogens is 739 g/mol. The minimum atomic E-state index is -0.391. The van der Waals surface area contributed by atoms with Gasteiger partial charge in [0.15, 0.2) is 0 Å². The van der Waals surface area contributed by atoms with Gasteiger partial charge >= 0.3 is 0 Å². The van der Waals surface area contributed by atoms with Gasteiger partial charge in [0.25, 0.3) is 0 Å². The molecule has 0 spiro atoms. The Labute approximate surface area is 361 Å². The van der Waals surface area contributed by atoms with Crippen LogP contribution in [0.25, 0.3) is 32.7 Å². The van der Waals surface area contributed by atoms with Crippen LogP contribution < -0.4 is 4.90 Å². The van der Waals surface area contributed by atoms with Gasteiger partial charge in [0.05, 0.1) is 6.04 Å². The number of fused-ring (bicyclic) bond motifs is 5. The van der Waals surface area contributed by atoms with Crippen LogP contribution in [0, 0.1) is 11.3 Å². The van der Waals surface area contributed by atoms with Crippen molar-refractivity contribution in [2.24, 2.45) is 11.3 Å². The van der Waals surface area contributed by atoms with E-state index in [1.165, 1.54) is 76.5 Å². The van der Waals surface area contributed by atoms with E-state index in [0.717, 1.165) is 28.4 Å². The molecule has 5 aliphatic rings. The highest BCUT2D eigenvalue weighted by Crippen LogP contribution is 2.58. The van der Waals surface area contributed by atoms with Gasteiger partial charge < -0.3 is 9.32 Å². The Morgan fingerprint density at radius 2 is 1.43 bits per heavy atom. The molecule has 5 aliphatic carbocycles. The zero-order valence-corrected chi connectivity index (χ0v) is 35.7. The van der Waals surface area contributed by atoms with Crippen LogP contribution in [-0.4, -0.2) is 6.04 Å². The standard InChI is InChI=1S/C59H55NO/c1-57(51-28-15-21-41-18-7-8-24-46(41)51)38-35-45(36-39-57)60(56-32-13-14-37-58(56,2)44-33-34-48-47-25-10-12-31-54(47)61-55(48)40-44)53-30-11-9-26-49(53)52-29-17-23-43-22-16-27-50(59(43,52)3)42-19-5-4-6-20-42/h7-18,21-38,40,42,52,56H,4-6,19-20,39H2,1-3H3. The van der Waals surface area contributed by atoms with Crippen molar-refractivity contribution < 1.29 is 4.42 Å². The summed E-state index contributed by atoms with van der Waals surface area (Å²) in [5, 5.41) is 4.94. The van der Waals surface area contributed by atoms with E-state index in [2.05, 4.69) is 214 Å². The Kier molecular flexibility index (Phi) is 9.19. The lowest BCUT2D eigenvalue weighted by atomic mass is 9.57. The number of nitrogens with zero attached hydrogens (tertiary/aromatic N) is 1. The van der Waals surface area contributed by atoms with Crippen LogP contribution in [-0.2, 0) is 10.8 Å². The summed E-state index contributed by atoms with van der Waals surface area (Å²) in [5.41, 5.74) is 10.7. The van der Waals surface area contributed by atoms with Crippen LogP contribution in [0.5, 0.6) is 0 Å². The third kappa shape index (κ3) is 6.12. The number of rotatable bonds is 7. The molecule has 0 aliphatic heterocycles. The molecule has 1 heterocycles. The van der Waals surface area contributed by atoms with Gasteiger partial charge in [0.1, 0.15) is 11.2 Å². The Morgan fingerprint density at radius 3 is 2.30 bits per heavy atom. The van der Waals surface area contributed by atoms with Crippen molar-refractivity contribution in [3.63, 3.8) is 0 Å². The van der Waals surface area contributed by atoms with Crippen LogP contribution in [0.1, 0.15) is 81.9 Å². The first-order valence-corrected chi connectivity index (χ1v) is 22.7. The lowest BCUT2D eigenvalue weighted by Crippen LogP contribution is -2.48. The zero-order valence-electron chi connectivity index (χ0n) is 35.7. The largest absolute Gasteiger partial charge is 0.456 e. The molecule has 5 aromatic carbocycles. The fourth-order valence-electron chi connectivity index (χ4n) is 11.9. The summed E-state index contributed by atoms with van der Waals surface area (Å²) in [4.78, 5) is 2.69. The van der Waals surface area contributed by atoms with Gasteiger partial charge in [0.2, 0.25) is 0 Å². The Balaban J connectivity index is 1.07. The fraction of sp³-hybridized carbons (Fsp3) is 0.254. The van der Waals surface area contributed by atoms with Gasteiger partial charge in [0, 0.05) is 44.3 Å². The smallest absolute Gasteiger partial charge is 0.135 e. The molecule has 6 aromatic rings. The first-order chi connectivity index (χ1) is 29.8. The molecule has 0 saturated heterocycles. The molecule has 0 amide bonds. The predicted molar refractivity (Wildman–Crippen MR) is 257 cm³/mol. The second kappa shape index (κ2) is 14.8. The van der Waals surface area contributed by atoms with Crippen LogP contribution in [0.4, 0.5) is 5.69 Å². The van der Waals surface area contributed by atoms with Crippen molar-refractivity contribution in [2.75, 3.05) is 4.90 Å². The minimum absolute atomic E-state index is 0.0340. The number of hydrogen-bond donors (Lipinski definition) is 0. The number of furan rings is 1. The molecular formula is C59H55NO. The van der Waals surface area contributed by atoms with Crippen molar-refractivity contribution in [1.82, 2.24) is 0 Å². The monoisotopic (exact) mass is 793 g/mol. The molecule has 11 rings (SSSR count). The average molecular weight is 794 g/mol. The molecule has 1 aromatic heterocycles. The van der Waals surface area contributed by atoms with Gasteiger partial charge in [-0.15, -0.1) is 0 Å². The van der Waals surface area contributed by atoms with Crippen molar-refractivity contribution >= 4 is 38.4 Å².